The van der Waals surface area contributed by atoms with Crippen LogP contribution >= 0.6 is 11.3 Å². The Morgan fingerprint density at radius 2 is 2.00 bits per heavy atom. The van der Waals surface area contributed by atoms with Crippen LogP contribution in [-0.2, 0) is 0 Å². The smallest absolute Gasteiger partial charge is 0.151 e. The van der Waals surface area contributed by atoms with Gasteiger partial charge in [-0.2, -0.15) is 0 Å². The number of anilines is 1. The van der Waals surface area contributed by atoms with Crippen molar-refractivity contribution in [2.24, 2.45) is 5.84 Å². The molecule has 0 spiro atoms. The van der Waals surface area contributed by atoms with Crippen LogP contribution in [0.3, 0.4) is 0 Å². The standard InChI is InChI=1S/C10H11N3S/c1-7-2-4-8(5-3-7)10-12-9(13-11)6-14-10/h2-6,13H,11H2,1H3. The summed E-state index contributed by atoms with van der Waals surface area (Å²) < 4.78 is 0. The number of hydrogen-bond donors (Lipinski definition) is 2. The van der Waals surface area contributed by atoms with Gasteiger partial charge in [0.15, 0.2) is 5.82 Å². The largest absolute Gasteiger partial charge is 0.308 e. The molecule has 2 rings (SSSR count). The third kappa shape index (κ3) is 1.76. The molecule has 2 aromatic rings. The third-order valence-electron chi connectivity index (χ3n) is 1.95. The Bertz CT molecular complexity index is 419. The predicted molar refractivity (Wildman–Crippen MR) is 60.1 cm³/mol. The Kier molecular flexibility index (Phi) is 2.47. The third-order valence-corrected chi connectivity index (χ3v) is 2.84. The van der Waals surface area contributed by atoms with Crippen LogP contribution in [0.4, 0.5) is 5.82 Å². The van der Waals surface area contributed by atoms with E-state index in [2.05, 4.69) is 41.6 Å². The summed E-state index contributed by atoms with van der Waals surface area (Å²) in [7, 11) is 0. The number of benzene rings is 1. The van der Waals surface area contributed by atoms with E-state index in [0.717, 1.165) is 10.6 Å². The highest BCUT2D eigenvalue weighted by molar-refractivity contribution is 7.13. The number of aromatic nitrogens is 1. The minimum absolute atomic E-state index is 0.713. The zero-order chi connectivity index (χ0) is 9.97. The highest BCUT2D eigenvalue weighted by atomic mass is 32.1. The van der Waals surface area contributed by atoms with Gasteiger partial charge in [-0.15, -0.1) is 11.3 Å². The number of nitrogens with zero attached hydrogens (tertiary/aromatic N) is 1. The van der Waals surface area contributed by atoms with Gasteiger partial charge in [0.2, 0.25) is 0 Å². The molecule has 14 heavy (non-hydrogen) atoms. The van der Waals surface area contributed by atoms with Gasteiger partial charge in [-0.25, -0.2) is 10.8 Å². The highest BCUT2D eigenvalue weighted by Gasteiger charge is 2.02. The lowest BCUT2D eigenvalue weighted by molar-refractivity contribution is 1.27. The van der Waals surface area contributed by atoms with Crippen molar-refractivity contribution in [3.63, 3.8) is 0 Å². The first-order valence-electron chi connectivity index (χ1n) is 4.29. The zero-order valence-corrected chi connectivity index (χ0v) is 8.64. The van der Waals surface area contributed by atoms with Gasteiger partial charge in [-0.1, -0.05) is 29.8 Å². The summed E-state index contributed by atoms with van der Waals surface area (Å²) in [6, 6.07) is 8.28. The molecule has 0 unspecified atom stereocenters. The molecule has 1 heterocycles. The lowest BCUT2D eigenvalue weighted by atomic mass is 10.2. The van der Waals surface area contributed by atoms with Crippen molar-refractivity contribution in [3.05, 3.63) is 35.2 Å². The molecule has 0 fully saturated rings. The van der Waals surface area contributed by atoms with Crippen molar-refractivity contribution in [2.75, 3.05) is 5.43 Å². The van der Waals surface area contributed by atoms with Gasteiger partial charge in [0, 0.05) is 10.9 Å². The second kappa shape index (κ2) is 3.77. The van der Waals surface area contributed by atoms with Crippen LogP contribution in [0.5, 0.6) is 0 Å². The molecule has 4 heteroatoms. The number of nitrogen functional groups attached to an aromatic ring is 1. The maximum absolute atomic E-state index is 5.26. The summed E-state index contributed by atoms with van der Waals surface area (Å²) >= 11 is 1.58. The van der Waals surface area contributed by atoms with E-state index in [-0.39, 0.29) is 0 Å². The van der Waals surface area contributed by atoms with E-state index in [1.807, 2.05) is 5.38 Å². The van der Waals surface area contributed by atoms with Crippen molar-refractivity contribution < 1.29 is 0 Å². The van der Waals surface area contributed by atoms with Crippen LogP contribution in [0.1, 0.15) is 5.56 Å². The summed E-state index contributed by atoms with van der Waals surface area (Å²) in [5.41, 5.74) is 4.91. The quantitative estimate of drug-likeness (QED) is 0.584. The number of hydrogen-bond acceptors (Lipinski definition) is 4. The van der Waals surface area contributed by atoms with E-state index in [4.69, 9.17) is 5.84 Å². The minimum Gasteiger partial charge on any atom is -0.308 e. The Hall–Kier alpha value is -1.39. The molecule has 1 aromatic heterocycles. The summed E-state index contributed by atoms with van der Waals surface area (Å²) in [5, 5.41) is 2.88. The molecule has 0 saturated heterocycles. The van der Waals surface area contributed by atoms with Crippen LogP contribution in [0, 0.1) is 6.92 Å². The van der Waals surface area contributed by atoms with E-state index in [0.29, 0.717) is 5.82 Å². The molecular formula is C10H11N3S. The molecule has 0 aliphatic heterocycles. The normalized spacial score (nSPS) is 10.1. The fourth-order valence-corrected chi connectivity index (χ4v) is 1.94. The number of rotatable bonds is 2. The monoisotopic (exact) mass is 205 g/mol. The van der Waals surface area contributed by atoms with Gasteiger partial charge in [-0.05, 0) is 6.92 Å². The molecule has 0 saturated carbocycles. The van der Waals surface area contributed by atoms with E-state index in [1.54, 1.807) is 11.3 Å². The molecule has 3 nitrogen and oxygen atoms in total. The molecule has 72 valence electrons. The number of thiazole rings is 1. The molecule has 0 aliphatic carbocycles. The molecule has 3 N–H and O–H groups in total. The fourth-order valence-electron chi connectivity index (χ4n) is 1.17. The second-order valence-corrected chi connectivity index (χ2v) is 3.91. The first-order chi connectivity index (χ1) is 6.79. The summed E-state index contributed by atoms with van der Waals surface area (Å²) in [6.07, 6.45) is 0. The van der Waals surface area contributed by atoms with Crippen LogP contribution in [0.15, 0.2) is 29.6 Å². The van der Waals surface area contributed by atoms with Gasteiger partial charge in [-0.3, -0.25) is 0 Å². The average Bonchev–Trinajstić information content (AvgIpc) is 2.67. The Morgan fingerprint density at radius 3 is 2.57 bits per heavy atom. The van der Waals surface area contributed by atoms with Crippen LogP contribution in [-0.4, -0.2) is 4.98 Å². The van der Waals surface area contributed by atoms with Crippen LogP contribution in [0.2, 0.25) is 0 Å². The van der Waals surface area contributed by atoms with Crippen molar-refractivity contribution in [1.29, 1.82) is 0 Å². The molecule has 0 bridgehead atoms. The van der Waals surface area contributed by atoms with Gasteiger partial charge >= 0.3 is 0 Å². The van der Waals surface area contributed by atoms with Crippen molar-refractivity contribution in [1.82, 2.24) is 4.98 Å². The predicted octanol–water partition coefficient (Wildman–Crippen LogP) is 2.40. The number of nitrogens with one attached hydrogen (secondary N) is 1. The van der Waals surface area contributed by atoms with Gasteiger partial charge in [0.05, 0.1) is 0 Å². The topological polar surface area (TPSA) is 50.9 Å². The van der Waals surface area contributed by atoms with Gasteiger partial charge < -0.3 is 5.43 Å². The van der Waals surface area contributed by atoms with E-state index < -0.39 is 0 Å². The first kappa shape index (κ1) is 9.18. The van der Waals surface area contributed by atoms with E-state index in [1.165, 1.54) is 5.56 Å². The molecule has 0 aliphatic rings. The van der Waals surface area contributed by atoms with Crippen molar-refractivity contribution in [3.8, 4) is 10.6 Å². The maximum atomic E-state index is 5.26. The highest BCUT2D eigenvalue weighted by Crippen LogP contribution is 2.25. The van der Waals surface area contributed by atoms with Crippen molar-refractivity contribution >= 4 is 17.2 Å². The Labute approximate surface area is 86.6 Å². The average molecular weight is 205 g/mol. The lowest BCUT2D eigenvalue weighted by Crippen LogP contribution is -2.06. The number of nitrogens with two attached hydrogens (primary N) is 1. The first-order valence-corrected chi connectivity index (χ1v) is 5.17. The molecule has 1 aromatic carbocycles. The Balaban J connectivity index is 2.34. The number of aryl methyl sites for hydroxylation is 1. The number of hydrazine groups is 1. The van der Waals surface area contributed by atoms with Crippen LogP contribution < -0.4 is 11.3 Å². The van der Waals surface area contributed by atoms with Gasteiger partial charge in [0.25, 0.3) is 0 Å². The second-order valence-electron chi connectivity index (χ2n) is 3.05. The summed E-state index contributed by atoms with van der Waals surface area (Å²) in [5.74, 6) is 5.97. The van der Waals surface area contributed by atoms with Crippen LogP contribution in [0.25, 0.3) is 10.6 Å². The summed E-state index contributed by atoms with van der Waals surface area (Å²) in [4.78, 5) is 4.31. The minimum atomic E-state index is 0.713. The van der Waals surface area contributed by atoms with E-state index in [9.17, 15) is 0 Å². The molecular weight excluding hydrogens is 194 g/mol. The summed E-state index contributed by atoms with van der Waals surface area (Å²) in [6.45, 7) is 2.07. The molecule has 0 radical (unpaired) electrons. The van der Waals surface area contributed by atoms with Crippen molar-refractivity contribution in [2.45, 2.75) is 6.92 Å². The zero-order valence-electron chi connectivity index (χ0n) is 7.82. The molecule has 0 atom stereocenters. The maximum Gasteiger partial charge on any atom is 0.151 e. The lowest BCUT2D eigenvalue weighted by Gasteiger charge is -1.96. The fraction of sp³-hybridized carbons (Fsp3) is 0.100. The Morgan fingerprint density at radius 1 is 1.29 bits per heavy atom. The SMILES string of the molecule is Cc1ccc(-c2nc(NN)cs2)cc1. The van der Waals surface area contributed by atoms with Gasteiger partial charge in [0.1, 0.15) is 5.01 Å². The van der Waals surface area contributed by atoms with E-state index >= 15 is 0 Å². The molecule has 0 amide bonds.